The summed E-state index contributed by atoms with van der Waals surface area (Å²) in [4.78, 5) is 4.16. The third kappa shape index (κ3) is 1.80. The predicted molar refractivity (Wildman–Crippen MR) is 52.1 cm³/mol. The zero-order chi connectivity index (χ0) is 7.72. The second kappa shape index (κ2) is 3.32. The van der Waals surface area contributed by atoms with E-state index in [4.69, 9.17) is 0 Å². The number of rotatable bonds is 0. The van der Waals surface area contributed by atoms with Gasteiger partial charge in [0.2, 0.25) is 0 Å². The van der Waals surface area contributed by atoms with E-state index in [1.807, 2.05) is 13.0 Å². The molecule has 0 spiro atoms. The van der Waals surface area contributed by atoms with Crippen LogP contribution in [0.25, 0.3) is 0 Å². The molecule has 1 aromatic heterocycles. The smallest absolute Gasteiger partial charge is 0.121 e. The molecule has 0 amide bonds. The summed E-state index contributed by atoms with van der Waals surface area (Å²) in [5, 5.41) is 0. The second-order valence-electron chi connectivity index (χ2n) is 1.87. The van der Waals surface area contributed by atoms with Gasteiger partial charge in [0.05, 0.1) is 4.47 Å². The average Bonchev–Trinajstić information content (AvgIpc) is 1.84. The Bertz CT molecular complexity index is 209. The Morgan fingerprint density at radius 2 is 1.80 bits per heavy atom. The lowest BCUT2D eigenvalue weighted by Gasteiger charge is -1.98. The molecule has 0 atom stereocenters. The normalized spacial score (nSPS) is 10.0. The average molecular weight is 330 g/mol. The van der Waals surface area contributed by atoms with Gasteiger partial charge in [-0.25, -0.2) is 4.98 Å². The molecule has 0 radical (unpaired) electrons. The van der Waals surface area contributed by atoms with Crippen LogP contribution in [0.3, 0.4) is 0 Å². The number of nitrogens with zero attached hydrogens (tertiary/aromatic N) is 1. The van der Waals surface area contributed by atoms with Crippen LogP contribution >= 0.6 is 47.8 Å². The van der Waals surface area contributed by atoms with Gasteiger partial charge in [-0.1, -0.05) is 0 Å². The molecule has 0 saturated carbocycles. The zero-order valence-electron chi connectivity index (χ0n) is 5.16. The van der Waals surface area contributed by atoms with Gasteiger partial charge in [-0.05, 0) is 66.3 Å². The molecule has 10 heavy (non-hydrogen) atoms. The fraction of sp³-hybridized carbons (Fsp3) is 0.167. The molecular weight excluding hydrogens is 326 g/mol. The summed E-state index contributed by atoms with van der Waals surface area (Å²) >= 11 is 9.96. The predicted octanol–water partition coefficient (Wildman–Crippen LogP) is 3.68. The Labute approximate surface area is 84.6 Å². The van der Waals surface area contributed by atoms with Crippen molar-refractivity contribution in [2.45, 2.75) is 6.92 Å². The molecule has 4 heteroatoms. The Kier molecular flexibility index (Phi) is 2.89. The fourth-order valence-electron chi connectivity index (χ4n) is 0.537. The minimum absolute atomic E-state index is 0.824. The van der Waals surface area contributed by atoms with Crippen molar-refractivity contribution in [1.82, 2.24) is 4.98 Å². The van der Waals surface area contributed by atoms with Gasteiger partial charge in [-0.3, -0.25) is 0 Å². The van der Waals surface area contributed by atoms with Crippen molar-refractivity contribution in [3.05, 3.63) is 25.3 Å². The molecule has 54 valence electrons. The minimum Gasteiger partial charge on any atom is -0.233 e. The molecule has 0 fully saturated rings. The first-order valence-corrected chi connectivity index (χ1v) is 4.97. The van der Waals surface area contributed by atoms with E-state index in [9.17, 15) is 0 Å². The SMILES string of the molecule is Cc1cc(Br)c(Br)nc1Br. The molecule has 0 bridgehead atoms. The van der Waals surface area contributed by atoms with Gasteiger partial charge in [-0.15, -0.1) is 0 Å². The van der Waals surface area contributed by atoms with Crippen molar-refractivity contribution >= 4 is 47.8 Å². The quantitative estimate of drug-likeness (QED) is 0.662. The maximum absolute atomic E-state index is 4.16. The van der Waals surface area contributed by atoms with Crippen molar-refractivity contribution in [1.29, 1.82) is 0 Å². The van der Waals surface area contributed by atoms with Gasteiger partial charge in [-0.2, -0.15) is 0 Å². The number of pyridine rings is 1. The molecule has 1 nitrogen and oxygen atoms in total. The summed E-state index contributed by atoms with van der Waals surface area (Å²) in [7, 11) is 0. The number of hydrogen-bond donors (Lipinski definition) is 0. The molecule has 1 aromatic rings. The van der Waals surface area contributed by atoms with Crippen molar-refractivity contribution in [3.63, 3.8) is 0 Å². The lowest BCUT2D eigenvalue weighted by atomic mass is 10.3. The minimum atomic E-state index is 0.824. The van der Waals surface area contributed by atoms with E-state index in [1.165, 1.54) is 0 Å². The van der Waals surface area contributed by atoms with Crippen molar-refractivity contribution in [2.24, 2.45) is 0 Å². The summed E-state index contributed by atoms with van der Waals surface area (Å²) in [6.07, 6.45) is 0. The van der Waals surface area contributed by atoms with Crippen LogP contribution in [0.2, 0.25) is 0 Å². The second-order valence-corrected chi connectivity index (χ2v) is 4.23. The molecule has 0 aliphatic rings. The monoisotopic (exact) mass is 327 g/mol. The third-order valence-corrected chi connectivity index (χ3v) is 3.61. The van der Waals surface area contributed by atoms with Gasteiger partial charge in [0.1, 0.15) is 9.21 Å². The first kappa shape index (κ1) is 8.68. The standard InChI is InChI=1S/C6H4Br3N/c1-3-2-4(7)6(9)10-5(3)8/h2H,1H3. The van der Waals surface area contributed by atoms with Gasteiger partial charge >= 0.3 is 0 Å². The Morgan fingerprint density at radius 1 is 1.20 bits per heavy atom. The largest absolute Gasteiger partial charge is 0.233 e. The molecule has 0 saturated heterocycles. The van der Waals surface area contributed by atoms with Crippen molar-refractivity contribution < 1.29 is 0 Å². The lowest BCUT2D eigenvalue weighted by molar-refractivity contribution is 1.16. The molecule has 1 heterocycles. The maximum atomic E-state index is 4.16. The summed E-state index contributed by atoms with van der Waals surface area (Å²) in [6, 6.07) is 2.00. The van der Waals surface area contributed by atoms with Crippen molar-refractivity contribution in [2.75, 3.05) is 0 Å². The number of hydrogen-bond acceptors (Lipinski definition) is 1. The van der Waals surface area contributed by atoms with Gasteiger partial charge < -0.3 is 0 Å². The highest BCUT2D eigenvalue weighted by Crippen LogP contribution is 2.25. The number of halogens is 3. The first-order valence-electron chi connectivity index (χ1n) is 2.59. The zero-order valence-corrected chi connectivity index (χ0v) is 9.92. The van der Waals surface area contributed by atoms with E-state index >= 15 is 0 Å². The van der Waals surface area contributed by atoms with E-state index < -0.39 is 0 Å². The highest BCUT2D eigenvalue weighted by Gasteiger charge is 2.01. The van der Waals surface area contributed by atoms with Crippen LogP contribution in [0.4, 0.5) is 0 Å². The van der Waals surface area contributed by atoms with Crippen molar-refractivity contribution in [3.8, 4) is 0 Å². The van der Waals surface area contributed by atoms with Gasteiger partial charge in [0.15, 0.2) is 0 Å². The number of aryl methyl sites for hydroxylation is 1. The highest BCUT2D eigenvalue weighted by atomic mass is 79.9. The molecule has 0 unspecified atom stereocenters. The van der Waals surface area contributed by atoms with Crippen LogP contribution < -0.4 is 0 Å². The third-order valence-electron chi connectivity index (χ3n) is 1.06. The summed E-state index contributed by atoms with van der Waals surface area (Å²) in [5.41, 5.74) is 1.12. The molecule has 0 aliphatic carbocycles. The summed E-state index contributed by atoms with van der Waals surface area (Å²) in [6.45, 7) is 1.99. The van der Waals surface area contributed by atoms with Gasteiger partial charge in [0.25, 0.3) is 0 Å². The first-order chi connectivity index (χ1) is 4.61. The Hall–Kier alpha value is 0.590. The van der Waals surface area contributed by atoms with Gasteiger partial charge in [0, 0.05) is 0 Å². The Balaban J connectivity index is 3.28. The van der Waals surface area contributed by atoms with E-state index in [0.717, 1.165) is 19.2 Å². The van der Waals surface area contributed by atoms with Crippen LogP contribution in [0.15, 0.2) is 19.7 Å². The number of aromatic nitrogens is 1. The lowest BCUT2D eigenvalue weighted by Crippen LogP contribution is -1.83. The van der Waals surface area contributed by atoms with E-state index in [1.54, 1.807) is 0 Å². The van der Waals surface area contributed by atoms with Crippen LogP contribution in [-0.4, -0.2) is 4.98 Å². The topological polar surface area (TPSA) is 12.9 Å². The van der Waals surface area contributed by atoms with Crippen LogP contribution in [0, 0.1) is 6.92 Å². The summed E-state index contributed by atoms with van der Waals surface area (Å²) < 4.78 is 2.68. The summed E-state index contributed by atoms with van der Waals surface area (Å²) in [5.74, 6) is 0. The Morgan fingerprint density at radius 3 is 2.30 bits per heavy atom. The molecule has 0 aromatic carbocycles. The van der Waals surface area contributed by atoms with E-state index in [2.05, 4.69) is 52.8 Å². The van der Waals surface area contributed by atoms with Crippen LogP contribution in [0.5, 0.6) is 0 Å². The molecule has 0 N–H and O–H groups in total. The fourth-order valence-corrected chi connectivity index (χ4v) is 1.79. The molecular formula is C6H4Br3N. The van der Waals surface area contributed by atoms with E-state index in [-0.39, 0.29) is 0 Å². The molecule has 1 rings (SSSR count). The van der Waals surface area contributed by atoms with Crippen LogP contribution in [0.1, 0.15) is 5.56 Å². The van der Waals surface area contributed by atoms with E-state index in [0.29, 0.717) is 0 Å². The molecule has 0 aliphatic heterocycles. The maximum Gasteiger partial charge on any atom is 0.121 e. The highest BCUT2D eigenvalue weighted by molar-refractivity contribution is 9.13. The van der Waals surface area contributed by atoms with Crippen LogP contribution in [-0.2, 0) is 0 Å².